The van der Waals surface area contributed by atoms with E-state index in [2.05, 4.69) is 22.5 Å². The van der Waals surface area contributed by atoms with Crippen molar-refractivity contribution in [1.29, 1.82) is 0 Å². The van der Waals surface area contributed by atoms with Crippen molar-refractivity contribution in [2.45, 2.75) is 13.1 Å². The molecule has 0 fully saturated rings. The van der Waals surface area contributed by atoms with Gasteiger partial charge in [-0.05, 0) is 18.2 Å². The molecule has 0 spiro atoms. The monoisotopic (exact) mass is 241 g/mol. The van der Waals surface area contributed by atoms with Gasteiger partial charge in [0, 0.05) is 25.2 Å². The molecule has 4 heteroatoms. The quantitative estimate of drug-likeness (QED) is 0.763. The molecular formula is C14H15N3O. The lowest BCUT2D eigenvalue weighted by Crippen LogP contribution is -2.12. The van der Waals surface area contributed by atoms with Crippen molar-refractivity contribution in [1.82, 2.24) is 15.1 Å². The highest BCUT2D eigenvalue weighted by Crippen LogP contribution is 2.18. The molecule has 3 rings (SSSR count). The summed E-state index contributed by atoms with van der Waals surface area (Å²) in [6.07, 6.45) is 1.94. The fourth-order valence-electron chi connectivity index (χ4n) is 2.00. The summed E-state index contributed by atoms with van der Waals surface area (Å²) in [5.41, 5.74) is 1.97. The Bertz CT molecular complexity index is 621. The number of benzene rings is 1. The van der Waals surface area contributed by atoms with E-state index in [1.54, 1.807) is 4.68 Å². The van der Waals surface area contributed by atoms with E-state index in [1.807, 2.05) is 37.5 Å². The van der Waals surface area contributed by atoms with E-state index in [9.17, 15) is 0 Å². The van der Waals surface area contributed by atoms with Gasteiger partial charge >= 0.3 is 0 Å². The predicted octanol–water partition coefficient (Wildman–Crippen LogP) is 2.46. The smallest absolute Gasteiger partial charge is 0.134 e. The van der Waals surface area contributed by atoms with E-state index in [0.717, 1.165) is 29.0 Å². The van der Waals surface area contributed by atoms with Gasteiger partial charge in [0.15, 0.2) is 0 Å². The van der Waals surface area contributed by atoms with Gasteiger partial charge in [0.2, 0.25) is 0 Å². The van der Waals surface area contributed by atoms with E-state index in [0.29, 0.717) is 6.54 Å². The lowest BCUT2D eigenvalue weighted by Gasteiger charge is -1.98. The number of hydrogen-bond donors (Lipinski definition) is 1. The summed E-state index contributed by atoms with van der Waals surface area (Å²) in [4.78, 5) is 0. The maximum Gasteiger partial charge on any atom is 0.134 e. The lowest BCUT2D eigenvalue weighted by atomic mass is 10.2. The average Bonchev–Trinajstić information content (AvgIpc) is 2.95. The number of aryl methyl sites for hydroxylation is 1. The van der Waals surface area contributed by atoms with Crippen LogP contribution in [0.2, 0.25) is 0 Å². The van der Waals surface area contributed by atoms with Crippen LogP contribution in [-0.4, -0.2) is 9.78 Å². The van der Waals surface area contributed by atoms with Crippen molar-refractivity contribution in [2.24, 2.45) is 7.05 Å². The highest BCUT2D eigenvalue weighted by molar-refractivity contribution is 5.77. The fourth-order valence-corrected chi connectivity index (χ4v) is 2.00. The molecule has 1 aromatic carbocycles. The lowest BCUT2D eigenvalue weighted by molar-refractivity contribution is 0.511. The van der Waals surface area contributed by atoms with Crippen LogP contribution in [0.1, 0.15) is 11.5 Å². The summed E-state index contributed by atoms with van der Waals surface area (Å²) in [6.45, 7) is 1.46. The van der Waals surface area contributed by atoms with Crippen LogP contribution < -0.4 is 5.32 Å². The van der Waals surface area contributed by atoms with Gasteiger partial charge in [0.1, 0.15) is 11.3 Å². The number of aromatic nitrogens is 2. The zero-order valence-electron chi connectivity index (χ0n) is 10.3. The molecule has 0 aliphatic rings. The molecule has 4 nitrogen and oxygen atoms in total. The molecule has 2 heterocycles. The van der Waals surface area contributed by atoms with E-state index in [-0.39, 0.29) is 0 Å². The number of fused-ring (bicyclic) bond motifs is 1. The normalized spacial score (nSPS) is 11.2. The van der Waals surface area contributed by atoms with Gasteiger partial charge < -0.3 is 9.73 Å². The van der Waals surface area contributed by atoms with Crippen LogP contribution in [0, 0.1) is 0 Å². The molecule has 0 atom stereocenters. The third-order valence-electron chi connectivity index (χ3n) is 2.85. The van der Waals surface area contributed by atoms with Crippen LogP contribution in [-0.2, 0) is 20.1 Å². The van der Waals surface area contributed by atoms with Crippen LogP contribution in [0.25, 0.3) is 11.0 Å². The molecule has 3 aromatic rings. The Labute approximate surface area is 105 Å². The van der Waals surface area contributed by atoms with Crippen molar-refractivity contribution in [3.05, 3.63) is 54.0 Å². The summed E-state index contributed by atoms with van der Waals surface area (Å²) >= 11 is 0. The Kier molecular flexibility index (Phi) is 2.86. The highest BCUT2D eigenvalue weighted by atomic mass is 16.3. The first-order valence-electron chi connectivity index (χ1n) is 5.98. The van der Waals surface area contributed by atoms with Gasteiger partial charge in [-0.25, -0.2) is 0 Å². The molecule has 0 unspecified atom stereocenters. The minimum absolute atomic E-state index is 0.714. The first kappa shape index (κ1) is 11.0. The Morgan fingerprint density at radius 3 is 2.89 bits per heavy atom. The van der Waals surface area contributed by atoms with Crippen molar-refractivity contribution in [3.8, 4) is 0 Å². The Hall–Kier alpha value is -2.07. The van der Waals surface area contributed by atoms with Crippen LogP contribution in [0.4, 0.5) is 0 Å². The zero-order chi connectivity index (χ0) is 12.4. The molecule has 0 bridgehead atoms. The van der Waals surface area contributed by atoms with E-state index in [4.69, 9.17) is 4.42 Å². The number of nitrogens with one attached hydrogen (secondary N) is 1. The zero-order valence-corrected chi connectivity index (χ0v) is 10.3. The summed E-state index contributed by atoms with van der Waals surface area (Å²) in [6, 6.07) is 12.1. The number of nitrogens with zero attached hydrogens (tertiary/aromatic N) is 2. The highest BCUT2D eigenvalue weighted by Gasteiger charge is 2.03. The Morgan fingerprint density at radius 2 is 2.11 bits per heavy atom. The van der Waals surface area contributed by atoms with E-state index in [1.165, 1.54) is 0 Å². The van der Waals surface area contributed by atoms with Crippen molar-refractivity contribution < 1.29 is 4.42 Å². The van der Waals surface area contributed by atoms with Crippen molar-refractivity contribution in [2.75, 3.05) is 0 Å². The molecule has 18 heavy (non-hydrogen) atoms. The van der Waals surface area contributed by atoms with Gasteiger partial charge in [0.05, 0.1) is 12.2 Å². The average molecular weight is 241 g/mol. The molecular weight excluding hydrogens is 226 g/mol. The third kappa shape index (κ3) is 2.28. The fraction of sp³-hybridized carbons (Fsp3) is 0.214. The Morgan fingerprint density at radius 1 is 1.22 bits per heavy atom. The molecule has 0 radical (unpaired) electrons. The number of para-hydroxylation sites is 1. The second kappa shape index (κ2) is 4.66. The standard InChI is InChI=1S/C14H15N3O/c1-17-7-6-12(16-17)9-15-10-13-8-11-4-2-3-5-14(11)18-13/h2-8,15H,9-10H2,1H3. The topological polar surface area (TPSA) is 43.0 Å². The van der Waals surface area contributed by atoms with Crippen LogP contribution >= 0.6 is 0 Å². The Balaban J connectivity index is 1.62. The van der Waals surface area contributed by atoms with Crippen molar-refractivity contribution >= 4 is 11.0 Å². The summed E-state index contributed by atoms with van der Waals surface area (Å²) in [5.74, 6) is 0.951. The minimum atomic E-state index is 0.714. The summed E-state index contributed by atoms with van der Waals surface area (Å²) < 4.78 is 7.53. The van der Waals surface area contributed by atoms with Gasteiger partial charge in [-0.3, -0.25) is 4.68 Å². The summed E-state index contributed by atoms with van der Waals surface area (Å²) in [7, 11) is 1.92. The largest absolute Gasteiger partial charge is 0.460 e. The first-order valence-corrected chi connectivity index (χ1v) is 5.98. The molecule has 0 aliphatic heterocycles. The number of furan rings is 1. The van der Waals surface area contributed by atoms with Crippen molar-refractivity contribution in [3.63, 3.8) is 0 Å². The predicted molar refractivity (Wildman–Crippen MR) is 70.0 cm³/mol. The molecule has 0 amide bonds. The van der Waals surface area contributed by atoms with Gasteiger partial charge in [-0.1, -0.05) is 18.2 Å². The SMILES string of the molecule is Cn1ccc(CNCc2cc3ccccc3o2)n1. The number of hydrogen-bond acceptors (Lipinski definition) is 3. The maximum absolute atomic E-state index is 5.72. The third-order valence-corrected chi connectivity index (χ3v) is 2.85. The second-order valence-corrected chi connectivity index (χ2v) is 4.33. The van der Waals surface area contributed by atoms with Gasteiger partial charge in [0.25, 0.3) is 0 Å². The van der Waals surface area contributed by atoms with Gasteiger partial charge in [-0.15, -0.1) is 0 Å². The minimum Gasteiger partial charge on any atom is -0.460 e. The maximum atomic E-state index is 5.72. The second-order valence-electron chi connectivity index (χ2n) is 4.33. The van der Waals surface area contributed by atoms with Gasteiger partial charge in [-0.2, -0.15) is 5.10 Å². The molecule has 1 N–H and O–H groups in total. The van der Waals surface area contributed by atoms with E-state index < -0.39 is 0 Å². The molecule has 0 saturated heterocycles. The molecule has 0 saturated carbocycles. The summed E-state index contributed by atoms with van der Waals surface area (Å²) in [5, 5.41) is 8.78. The van der Waals surface area contributed by atoms with E-state index >= 15 is 0 Å². The molecule has 92 valence electrons. The first-order chi connectivity index (χ1) is 8.81. The van der Waals surface area contributed by atoms with Crippen LogP contribution in [0.5, 0.6) is 0 Å². The molecule has 0 aliphatic carbocycles. The van der Waals surface area contributed by atoms with Crippen LogP contribution in [0.3, 0.4) is 0 Å². The molecule has 2 aromatic heterocycles. The number of rotatable bonds is 4. The van der Waals surface area contributed by atoms with Crippen LogP contribution in [0.15, 0.2) is 47.0 Å².